The number of hydrogen-bond donors (Lipinski definition) is 1. The van der Waals surface area contributed by atoms with E-state index >= 15 is 0 Å². The highest BCUT2D eigenvalue weighted by Gasteiger charge is 2.37. The van der Waals surface area contributed by atoms with Crippen LogP contribution in [0, 0.1) is 0 Å². The first-order valence-corrected chi connectivity index (χ1v) is 15.8. The summed E-state index contributed by atoms with van der Waals surface area (Å²) in [4.78, 5) is 34.8. The zero-order valence-electron chi connectivity index (χ0n) is 25.2. The second-order valence-corrected chi connectivity index (χ2v) is 11.4. The van der Waals surface area contributed by atoms with Crippen LogP contribution in [0.5, 0.6) is 0 Å². The highest BCUT2D eigenvalue weighted by molar-refractivity contribution is 7.14. The Morgan fingerprint density at radius 3 is 1.62 bits per heavy atom. The third-order valence-corrected chi connectivity index (χ3v) is 8.31. The Kier molecular flexibility index (Phi) is 9.90. The van der Waals surface area contributed by atoms with Crippen LogP contribution in [0.2, 0.25) is 0 Å². The van der Waals surface area contributed by atoms with Gasteiger partial charge >= 0.3 is 5.97 Å². The van der Waals surface area contributed by atoms with Gasteiger partial charge in [0.1, 0.15) is 11.2 Å². The molecule has 0 saturated heterocycles. The fourth-order valence-electron chi connectivity index (χ4n) is 5.40. The van der Waals surface area contributed by atoms with Gasteiger partial charge in [0, 0.05) is 5.38 Å². The molecular weight excluding hydrogens is 607 g/mol. The maximum absolute atomic E-state index is 12.8. The molecule has 0 unspecified atom stereocenters. The SMILES string of the molecule is O=[C]/C(=N\OCC(=O)OC(c1ccccc1)c1ccccc1)c1csc(NC(c2ccccc2)(c2ccccc2)c2ccccc2)n1. The first-order valence-electron chi connectivity index (χ1n) is 15.0. The van der Waals surface area contributed by atoms with Crippen LogP contribution in [0.25, 0.3) is 0 Å². The number of esters is 1. The van der Waals surface area contributed by atoms with Crippen LogP contribution in [0.4, 0.5) is 5.13 Å². The maximum atomic E-state index is 12.8. The molecule has 1 N–H and O–H groups in total. The average Bonchev–Trinajstić information content (AvgIpc) is 3.61. The van der Waals surface area contributed by atoms with Gasteiger partial charge < -0.3 is 14.9 Å². The lowest BCUT2D eigenvalue weighted by Gasteiger charge is -2.36. The van der Waals surface area contributed by atoms with E-state index in [2.05, 4.69) is 51.9 Å². The summed E-state index contributed by atoms with van der Waals surface area (Å²) in [5.41, 5.74) is 3.96. The van der Waals surface area contributed by atoms with Gasteiger partial charge in [-0.2, -0.15) is 0 Å². The number of nitrogens with zero attached hydrogens (tertiary/aromatic N) is 2. The van der Waals surface area contributed by atoms with E-state index in [4.69, 9.17) is 9.57 Å². The van der Waals surface area contributed by atoms with E-state index in [0.717, 1.165) is 27.8 Å². The molecule has 0 atom stereocenters. The van der Waals surface area contributed by atoms with Gasteiger partial charge in [-0.15, -0.1) is 11.3 Å². The Morgan fingerprint density at radius 1 is 0.723 bits per heavy atom. The number of rotatable bonds is 13. The topological polar surface area (TPSA) is 89.9 Å². The van der Waals surface area contributed by atoms with Crippen molar-refractivity contribution in [3.05, 3.63) is 191 Å². The molecular formula is C39H30N3O4S. The van der Waals surface area contributed by atoms with E-state index in [9.17, 15) is 9.59 Å². The average molecular weight is 637 g/mol. The summed E-state index contributed by atoms with van der Waals surface area (Å²) < 4.78 is 5.77. The van der Waals surface area contributed by atoms with Crippen LogP contribution >= 0.6 is 11.3 Å². The Balaban J connectivity index is 1.22. The lowest BCUT2D eigenvalue weighted by Crippen LogP contribution is -2.38. The summed E-state index contributed by atoms with van der Waals surface area (Å²) in [5, 5.41) is 9.82. The molecule has 0 amide bonds. The molecule has 0 spiro atoms. The standard InChI is InChI=1S/C39H30N3O4S/c43-26-34(42-45-27-36(44)46-37(29-16-6-1-7-17-29)30-18-8-2-9-19-30)35-28-47-38(40-35)41-39(31-20-10-3-11-21-31,32-22-12-4-13-23-32)33-24-14-5-15-25-33/h1-25,28,37H,27H2,(H,40,41)/b42-34+. The minimum Gasteiger partial charge on any atom is -0.450 e. The molecule has 47 heavy (non-hydrogen) atoms. The van der Waals surface area contributed by atoms with Crippen molar-refractivity contribution in [1.29, 1.82) is 0 Å². The smallest absolute Gasteiger partial charge is 0.347 e. The van der Waals surface area contributed by atoms with Gasteiger partial charge in [0.25, 0.3) is 6.29 Å². The number of anilines is 1. The maximum Gasteiger partial charge on any atom is 0.347 e. The normalized spacial score (nSPS) is 11.6. The van der Waals surface area contributed by atoms with E-state index in [1.165, 1.54) is 11.3 Å². The van der Waals surface area contributed by atoms with E-state index < -0.39 is 24.2 Å². The van der Waals surface area contributed by atoms with Crippen molar-refractivity contribution in [2.45, 2.75) is 11.6 Å². The zero-order valence-corrected chi connectivity index (χ0v) is 26.0. The monoisotopic (exact) mass is 636 g/mol. The molecule has 6 aromatic rings. The Morgan fingerprint density at radius 2 is 1.17 bits per heavy atom. The molecule has 0 aliphatic heterocycles. The molecule has 0 fully saturated rings. The van der Waals surface area contributed by atoms with Crippen molar-refractivity contribution in [3.63, 3.8) is 0 Å². The minimum atomic E-state index is -0.796. The molecule has 231 valence electrons. The number of thiazole rings is 1. The molecule has 0 saturated carbocycles. The molecule has 1 radical (unpaired) electrons. The zero-order chi connectivity index (χ0) is 32.3. The summed E-state index contributed by atoms with van der Waals surface area (Å²) in [5.74, 6) is -0.643. The number of ether oxygens (including phenoxy) is 1. The molecule has 5 aromatic carbocycles. The van der Waals surface area contributed by atoms with Gasteiger partial charge in [0.05, 0.1) is 0 Å². The second-order valence-electron chi connectivity index (χ2n) is 10.5. The molecule has 0 aliphatic carbocycles. The van der Waals surface area contributed by atoms with E-state index in [1.807, 2.05) is 115 Å². The lowest BCUT2D eigenvalue weighted by atomic mass is 9.77. The van der Waals surface area contributed by atoms with Crippen molar-refractivity contribution < 1.29 is 19.2 Å². The first-order chi connectivity index (χ1) is 23.2. The summed E-state index contributed by atoms with van der Waals surface area (Å²) in [6, 6.07) is 49.2. The number of benzene rings is 5. The van der Waals surface area contributed by atoms with Crippen molar-refractivity contribution in [2.24, 2.45) is 5.16 Å². The van der Waals surface area contributed by atoms with Gasteiger partial charge in [-0.25, -0.2) is 9.78 Å². The highest BCUT2D eigenvalue weighted by Crippen LogP contribution is 2.40. The summed E-state index contributed by atoms with van der Waals surface area (Å²) >= 11 is 1.32. The van der Waals surface area contributed by atoms with Gasteiger partial charge in [-0.3, -0.25) is 4.79 Å². The number of nitrogens with one attached hydrogen (secondary N) is 1. The summed E-state index contributed by atoms with van der Waals surface area (Å²) in [7, 11) is 0. The predicted molar refractivity (Wildman–Crippen MR) is 184 cm³/mol. The number of oxime groups is 1. The van der Waals surface area contributed by atoms with Crippen molar-refractivity contribution >= 4 is 34.4 Å². The van der Waals surface area contributed by atoms with Crippen LogP contribution < -0.4 is 5.32 Å². The van der Waals surface area contributed by atoms with E-state index in [0.29, 0.717) is 5.13 Å². The van der Waals surface area contributed by atoms with Crippen LogP contribution in [0.3, 0.4) is 0 Å². The van der Waals surface area contributed by atoms with Crippen LogP contribution in [-0.2, 0) is 24.7 Å². The lowest BCUT2D eigenvalue weighted by molar-refractivity contribution is -0.152. The molecule has 7 nitrogen and oxygen atoms in total. The third-order valence-electron chi connectivity index (χ3n) is 7.55. The van der Waals surface area contributed by atoms with Gasteiger partial charge in [-0.05, 0) is 27.8 Å². The molecule has 0 bridgehead atoms. The Bertz CT molecular complexity index is 1780. The van der Waals surface area contributed by atoms with Crippen LogP contribution in [0.1, 0.15) is 39.6 Å². The number of hydrogen-bond acceptors (Lipinski definition) is 8. The number of carbonyl (C=O) groups is 1. The number of carbonyl (C=O) groups excluding carboxylic acids is 2. The molecule has 8 heteroatoms. The largest absolute Gasteiger partial charge is 0.450 e. The van der Waals surface area contributed by atoms with Crippen molar-refractivity contribution in [3.8, 4) is 0 Å². The fourth-order valence-corrected chi connectivity index (χ4v) is 6.15. The molecule has 1 heterocycles. The van der Waals surface area contributed by atoms with E-state index in [1.54, 1.807) is 11.7 Å². The van der Waals surface area contributed by atoms with Crippen LogP contribution in [0.15, 0.2) is 162 Å². The predicted octanol–water partition coefficient (Wildman–Crippen LogP) is 7.71. The fraction of sp³-hybridized carbons (Fsp3) is 0.0769. The number of aromatic nitrogens is 1. The third kappa shape index (κ3) is 7.19. The van der Waals surface area contributed by atoms with Crippen molar-refractivity contribution in [2.75, 3.05) is 11.9 Å². The Hall–Kier alpha value is -5.86. The summed E-state index contributed by atoms with van der Waals surface area (Å²) in [6.07, 6.45) is 1.17. The van der Waals surface area contributed by atoms with Gasteiger partial charge in [-0.1, -0.05) is 157 Å². The minimum absolute atomic E-state index is 0.172. The van der Waals surface area contributed by atoms with Crippen LogP contribution in [-0.4, -0.2) is 29.6 Å². The van der Waals surface area contributed by atoms with Gasteiger partial charge in [0.15, 0.2) is 16.9 Å². The highest BCUT2D eigenvalue weighted by atomic mass is 32.1. The Labute approximate surface area is 277 Å². The quantitative estimate of drug-likeness (QED) is 0.0605. The molecule has 0 aliphatic rings. The summed E-state index contributed by atoms with van der Waals surface area (Å²) in [6.45, 7) is -0.504. The van der Waals surface area contributed by atoms with Gasteiger partial charge in [0.2, 0.25) is 6.61 Å². The van der Waals surface area contributed by atoms with E-state index in [-0.39, 0.29) is 11.4 Å². The first kappa shape index (κ1) is 31.1. The molecule has 6 rings (SSSR count). The second kappa shape index (κ2) is 14.9. The molecule has 1 aromatic heterocycles. The van der Waals surface area contributed by atoms with Crippen molar-refractivity contribution in [1.82, 2.24) is 4.98 Å².